The third kappa shape index (κ3) is 2.27. The van der Waals surface area contributed by atoms with Crippen molar-refractivity contribution in [3.8, 4) is 0 Å². The number of Topliss-reactive ketones (excluding diaryl/α,β-unsaturated/α-hetero) is 2. The van der Waals surface area contributed by atoms with E-state index in [0.29, 0.717) is 21.7 Å². The van der Waals surface area contributed by atoms with Crippen LogP contribution >= 0.6 is 11.6 Å². The Labute approximate surface area is 157 Å². The maximum atomic E-state index is 13.3. The first kappa shape index (κ1) is 16.8. The normalized spacial score (nSPS) is 19.0. The van der Waals surface area contributed by atoms with Gasteiger partial charge in [0.2, 0.25) is 0 Å². The van der Waals surface area contributed by atoms with Gasteiger partial charge in [0.1, 0.15) is 0 Å². The lowest BCUT2D eigenvalue weighted by Gasteiger charge is -2.35. The second kappa shape index (κ2) is 5.96. The maximum Gasteiger partial charge on any atom is 0.192 e. The fourth-order valence-corrected chi connectivity index (χ4v) is 4.19. The summed E-state index contributed by atoms with van der Waals surface area (Å²) in [4.78, 5) is 27.8. The molecule has 130 valence electrons. The van der Waals surface area contributed by atoms with E-state index in [-0.39, 0.29) is 17.5 Å². The molecule has 2 aromatic carbocycles. The molecule has 0 aromatic heterocycles. The molecule has 0 N–H and O–H groups in total. The van der Waals surface area contributed by atoms with Crippen LogP contribution in [0.25, 0.3) is 5.70 Å². The second-order valence-electron chi connectivity index (χ2n) is 6.74. The Morgan fingerprint density at radius 2 is 1.65 bits per heavy atom. The molecule has 3 nitrogen and oxygen atoms in total. The zero-order chi connectivity index (χ0) is 18.6. The van der Waals surface area contributed by atoms with E-state index in [1.807, 2.05) is 55.3 Å². The molecule has 0 saturated carbocycles. The highest BCUT2D eigenvalue weighted by atomic mass is 35.5. The number of hydrogen-bond donors (Lipinski definition) is 0. The summed E-state index contributed by atoms with van der Waals surface area (Å²) in [6, 6.07) is 15.0. The SMILES string of the molecule is CC(=O)C1=C(C)N(C)C2=C(C(=O)c3ccccc32)C1c1ccc(Cl)cc1. The van der Waals surface area contributed by atoms with Gasteiger partial charge in [0.05, 0.1) is 5.70 Å². The van der Waals surface area contributed by atoms with E-state index in [1.54, 1.807) is 19.1 Å². The Morgan fingerprint density at radius 3 is 2.27 bits per heavy atom. The lowest BCUT2D eigenvalue weighted by molar-refractivity contribution is -0.113. The van der Waals surface area contributed by atoms with Gasteiger partial charge in [-0.3, -0.25) is 9.59 Å². The summed E-state index contributed by atoms with van der Waals surface area (Å²) in [7, 11) is 1.92. The van der Waals surface area contributed by atoms with Gasteiger partial charge in [0.15, 0.2) is 11.6 Å². The van der Waals surface area contributed by atoms with Crippen LogP contribution in [-0.2, 0) is 4.79 Å². The van der Waals surface area contributed by atoms with Crippen LogP contribution in [-0.4, -0.2) is 23.5 Å². The minimum Gasteiger partial charge on any atom is -0.347 e. The summed E-state index contributed by atoms with van der Waals surface area (Å²) < 4.78 is 0. The molecule has 2 aliphatic rings. The van der Waals surface area contributed by atoms with Gasteiger partial charge in [0.25, 0.3) is 0 Å². The number of allylic oxidation sites excluding steroid dienone is 3. The highest BCUT2D eigenvalue weighted by molar-refractivity contribution is 6.30. The van der Waals surface area contributed by atoms with Crippen LogP contribution in [0.3, 0.4) is 0 Å². The predicted molar refractivity (Wildman–Crippen MR) is 103 cm³/mol. The van der Waals surface area contributed by atoms with Crippen LogP contribution in [0.4, 0.5) is 0 Å². The van der Waals surface area contributed by atoms with Gasteiger partial charge in [-0.05, 0) is 31.5 Å². The van der Waals surface area contributed by atoms with Crippen LogP contribution in [0.2, 0.25) is 5.02 Å². The monoisotopic (exact) mass is 363 g/mol. The van der Waals surface area contributed by atoms with Gasteiger partial charge in [-0.15, -0.1) is 0 Å². The Morgan fingerprint density at radius 1 is 1.04 bits per heavy atom. The number of rotatable bonds is 2. The summed E-state index contributed by atoms with van der Waals surface area (Å²) in [6.07, 6.45) is 0. The highest BCUT2D eigenvalue weighted by Gasteiger charge is 2.43. The fourth-order valence-electron chi connectivity index (χ4n) is 4.06. The molecule has 0 fully saturated rings. The lowest BCUT2D eigenvalue weighted by Crippen LogP contribution is -2.29. The summed E-state index contributed by atoms with van der Waals surface area (Å²) >= 11 is 6.05. The highest BCUT2D eigenvalue weighted by Crippen LogP contribution is 2.49. The Hall–Kier alpha value is -2.65. The number of ketones is 2. The molecular weight excluding hydrogens is 346 g/mol. The van der Waals surface area contributed by atoms with Gasteiger partial charge >= 0.3 is 0 Å². The van der Waals surface area contributed by atoms with Crippen molar-refractivity contribution in [2.45, 2.75) is 19.8 Å². The summed E-state index contributed by atoms with van der Waals surface area (Å²) in [5.74, 6) is -0.408. The van der Waals surface area contributed by atoms with Crippen LogP contribution in [0.1, 0.15) is 41.3 Å². The summed E-state index contributed by atoms with van der Waals surface area (Å²) in [5.41, 5.74) is 5.63. The van der Waals surface area contributed by atoms with Gasteiger partial charge in [0, 0.05) is 46.0 Å². The third-order valence-electron chi connectivity index (χ3n) is 5.31. The Balaban J connectivity index is 2.01. The van der Waals surface area contributed by atoms with Gasteiger partial charge in [-0.2, -0.15) is 0 Å². The number of hydrogen-bond acceptors (Lipinski definition) is 3. The molecule has 0 saturated heterocycles. The molecule has 1 atom stereocenters. The summed E-state index contributed by atoms with van der Waals surface area (Å²) in [6.45, 7) is 3.50. The fraction of sp³-hybridized carbons (Fsp3) is 0.182. The lowest BCUT2D eigenvalue weighted by atomic mass is 9.78. The van der Waals surface area contributed by atoms with E-state index in [4.69, 9.17) is 11.6 Å². The van der Waals surface area contributed by atoms with Crippen molar-refractivity contribution in [1.82, 2.24) is 4.90 Å². The molecule has 1 unspecified atom stereocenters. The van der Waals surface area contributed by atoms with Crippen molar-refractivity contribution < 1.29 is 9.59 Å². The van der Waals surface area contributed by atoms with Gasteiger partial charge in [-0.1, -0.05) is 48.0 Å². The van der Waals surface area contributed by atoms with E-state index in [1.165, 1.54) is 0 Å². The van der Waals surface area contributed by atoms with Gasteiger partial charge in [-0.25, -0.2) is 0 Å². The first-order valence-electron chi connectivity index (χ1n) is 8.51. The molecule has 4 heteroatoms. The maximum absolute atomic E-state index is 13.3. The van der Waals surface area contributed by atoms with Gasteiger partial charge < -0.3 is 4.90 Å². The zero-order valence-electron chi connectivity index (χ0n) is 14.8. The average molecular weight is 364 g/mol. The third-order valence-corrected chi connectivity index (χ3v) is 5.57. The number of carbonyl (C=O) groups is 2. The largest absolute Gasteiger partial charge is 0.347 e. The van der Waals surface area contributed by atoms with E-state index < -0.39 is 0 Å². The average Bonchev–Trinajstić information content (AvgIpc) is 2.92. The van der Waals surface area contributed by atoms with E-state index in [9.17, 15) is 9.59 Å². The first-order valence-corrected chi connectivity index (χ1v) is 8.88. The van der Waals surface area contributed by atoms with Crippen LogP contribution in [0.5, 0.6) is 0 Å². The molecule has 0 radical (unpaired) electrons. The second-order valence-corrected chi connectivity index (χ2v) is 7.17. The van der Waals surface area contributed by atoms with E-state index in [0.717, 1.165) is 22.5 Å². The van der Waals surface area contributed by atoms with Crippen molar-refractivity contribution in [2.75, 3.05) is 7.05 Å². The number of nitrogens with zero attached hydrogens (tertiary/aromatic N) is 1. The quantitative estimate of drug-likeness (QED) is 0.766. The molecule has 4 rings (SSSR count). The first-order chi connectivity index (χ1) is 12.4. The Bertz CT molecular complexity index is 1010. The minimum absolute atomic E-state index is 0.00588. The Kier molecular flexibility index (Phi) is 3.85. The molecule has 0 spiro atoms. The zero-order valence-corrected chi connectivity index (χ0v) is 15.6. The molecule has 1 aliphatic heterocycles. The number of halogens is 1. The number of benzene rings is 2. The predicted octanol–water partition coefficient (Wildman–Crippen LogP) is 4.84. The summed E-state index contributed by atoms with van der Waals surface area (Å²) in [5, 5.41) is 0.627. The molecule has 0 bridgehead atoms. The van der Waals surface area contributed by atoms with Crippen molar-refractivity contribution >= 4 is 28.9 Å². The molecule has 2 aromatic rings. The van der Waals surface area contributed by atoms with Crippen molar-refractivity contribution in [2.24, 2.45) is 0 Å². The van der Waals surface area contributed by atoms with Crippen LogP contribution < -0.4 is 0 Å². The van der Waals surface area contributed by atoms with E-state index >= 15 is 0 Å². The van der Waals surface area contributed by atoms with Crippen molar-refractivity contribution in [1.29, 1.82) is 0 Å². The topological polar surface area (TPSA) is 37.4 Å². The van der Waals surface area contributed by atoms with Crippen molar-refractivity contribution in [3.63, 3.8) is 0 Å². The molecule has 0 amide bonds. The van der Waals surface area contributed by atoms with Crippen molar-refractivity contribution in [3.05, 3.63) is 87.1 Å². The number of carbonyl (C=O) groups excluding carboxylic acids is 2. The standard InChI is InChI=1S/C22H18ClNO2/c1-12-18(13(2)25)19(14-8-10-15(23)11-9-14)20-21(24(12)3)16-6-4-5-7-17(16)22(20)26/h4-11,19H,1-3H3. The minimum atomic E-state index is -0.379. The molecule has 26 heavy (non-hydrogen) atoms. The van der Waals surface area contributed by atoms with Crippen LogP contribution in [0, 0.1) is 0 Å². The smallest absolute Gasteiger partial charge is 0.192 e. The molecule has 1 aliphatic carbocycles. The number of fused-ring (bicyclic) bond motifs is 2. The van der Waals surface area contributed by atoms with E-state index in [2.05, 4.69) is 0 Å². The molecule has 1 heterocycles. The molecular formula is C22H18ClNO2. The van der Waals surface area contributed by atoms with Crippen LogP contribution in [0.15, 0.2) is 65.4 Å².